The molecule has 7 heteroatoms. The van der Waals surface area contributed by atoms with Crippen LogP contribution in [0.15, 0.2) is 38.8 Å². The van der Waals surface area contributed by atoms with Crippen LogP contribution in [0.3, 0.4) is 0 Å². The zero-order chi connectivity index (χ0) is 15.4. The predicted octanol–water partition coefficient (Wildman–Crippen LogP) is 3.05. The van der Waals surface area contributed by atoms with Crippen LogP contribution in [0.2, 0.25) is 0 Å². The lowest BCUT2D eigenvalue weighted by Gasteiger charge is -2.12. The Balaban J connectivity index is 2.25. The van der Waals surface area contributed by atoms with Gasteiger partial charge in [-0.15, -0.1) is 0 Å². The molecule has 0 spiro atoms. The summed E-state index contributed by atoms with van der Waals surface area (Å²) in [5.74, 6) is 0.757. The van der Waals surface area contributed by atoms with Crippen molar-refractivity contribution < 1.29 is 0 Å². The van der Waals surface area contributed by atoms with E-state index in [2.05, 4.69) is 51.1 Å². The molecule has 0 saturated heterocycles. The first-order chi connectivity index (χ1) is 9.94. The molecule has 2 rings (SSSR count). The number of aromatic nitrogens is 2. The monoisotopic (exact) mass is 367 g/mol. The van der Waals surface area contributed by atoms with Gasteiger partial charge in [0.25, 0.3) is 0 Å². The van der Waals surface area contributed by atoms with Gasteiger partial charge >= 0.3 is 0 Å². The van der Waals surface area contributed by atoms with E-state index < -0.39 is 0 Å². The van der Waals surface area contributed by atoms with Gasteiger partial charge in [-0.3, -0.25) is 0 Å². The van der Waals surface area contributed by atoms with E-state index in [-0.39, 0.29) is 0 Å². The quantitative estimate of drug-likeness (QED) is 0.703. The van der Waals surface area contributed by atoms with E-state index in [1.54, 1.807) is 6.07 Å². The number of benzene rings is 1. The van der Waals surface area contributed by atoms with Gasteiger partial charge in [0.1, 0.15) is 11.6 Å². The van der Waals surface area contributed by atoms with E-state index in [0.29, 0.717) is 22.8 Å². The summed E-state index contributed by atoms with van der Waals surface area (Å²) in [7, 11) is 0. The molecule has 0 unspecified atom stereocenters. The second-order valence-electron chi connectivity index (χ2n) is 4.89. The number of halogens is 1. The van der Waals surface area contributed by atoms with Gasteiger partial charge in [-0.25, -0.2) is 9.97 Å². The van der Waals surface area contributed by atoms with E-state index >= 15 is 0 Å². The van der Waals surface area contributed by atoms with Gasteiger partial charge in [-0.2, -0.15) is 0 Å². The average Bonchev–Trinajstić information content (AvgIpc) is 2.37. The molecule has 0 aliphatic carbocycles. The van der Waals surface area contributed by atoms with Crippen molar-refractivity contribution in [2.75, 3.05) is 11.5 Å². The van der Waals surface area contributed by atoms with Crippen LogP contribution >= 0.6 is 27.7 Å². The van der Waals surface area contributed by atoms with Crippen molar-refractivity contribution in [1.82, 2.24) is 15.3 Å². The van der Waals surface area contributed by atoms with Crippen molar-refractivity contribution in [2.24, 2.45) is 0 Å². The van der Waals surface area contributed by atoms with Crippen molar-refractivity contribution >= 4 is 39.3 Å². The Hall–Kier alpha value is -1.31. The van der Waals surface area contributed by atoms with Crippen molar-refractivity contribution in [3.8, 4) is 0 Å². The normalized spacial score (nSPS) is 11.0. The molecule has 0 saturated carbocycles. The van der Waals surface area contributed by atoms with E-state index in [1.165, 1.54) is 17.3 Å². The Morgan fingerprint density at radius 3 is 2.48 bits per heavy atom. The van der Waals surface area contributed by atoms with Gasteiger partial charge < -0.3 is 16.8 Å². The lowest BCUT2D eigenvalue weighted by atomic mass is 10.2. The first kappa shape index (κ1) is 16.1. The Morgan fingerprint density at radius 1 is 1.19 bits per heavy atom. The molecule has 112 valence electrons. The van der Waals surface area contributed by atoms with Gasteiger partial charge in [0.2, 0.25) is 0 Å². The summed E-state index contributed by atoms with van der Waals surface area (Å²) in [4.78, 5) is 9.49. The van der Waals surface area contributed by atoms with Crippen LogP contribution in [0.25, 0.3) is 0 Å². The number of nitrogen functional groups attached to an aromatic ring is 2. The lowest BCUT2D eigenvalue weighted by Crippen LogP contribution is -2.22. The SMILES string of the molecule is CC(C)NCc1cc(Br)ccc1Sc1nc(N)cc(N)n1. The van der Waals surface area contributed by atoms with Crippen molar-refractivity contribution in [1.29, 1.82) is 0 Å². The minimum absolute atomic E-state index is 0.379. The van der Waals surface area contributed by atoms with Crippen LogP contribution in [-0.4, -0.2) is 16.0 Å². The highest BCUT2D eigenvalue weighted by Crippen LogP contribution is 2.31. The van der Waals surface area contributed by atoms with Crippen LogP contribution in [-0.2, 0) is 6.54 Å². The summed E-state index contributed by atoms with van der Waals surface area (Å²) in [6.45, 7) is 5.01. The maximum Gasteiger partial charge on any atom is 0.196 e. The molecule has 0 aliphatic heterocycles. The number of nitrogens with zero attached hydrogens (tertiary/aromatic N) is 2. The van der Waals surface area contributed by atoms with Crippen molar-refractivity contribution in [2.45, 2.75) is 36.5 Å². The fourth-order valence-corrected chi connectivity index (χ4v) is 3.01. The summed E-state index contributed by atoms with van der Waals surface area (Å²) >= 11 is 4.96. The van der Waals surface area contributed by atoms with Crippen molar-refractivity contribution in [3.05, 3.63) is 34.3 Å². The minimum Gasteiger partial charge on any atom is -0.383 e. The molecule has 0 atom stereocenters. The average molecular weight is 368 g/mol. The summed E-state index contributed by atoms with van der Waals surface area (Å²) in [6.07, 6.45) is 0. The second kappa shape index (κ2) is 7.11. The molecular weight excluding hydrogens is 350 g/mol. The summed E-state index contributed by atoms with van der Waals surface area (Å²) in [5, 5.41) is 3.97. The van der Waals surface area contributed by atoms with E-state index in [9.17, 15) is 0 Å². The Labute approximate surface area is 137 Å². The Kier molecular flexibility index (Phi) is 5.44. The molecule has 21 heavy (non-hydrogen) atoms. The first-order valence-corrected chi connectivity index (χ1v) is 8.14. The topological polar surface area (TPSA) is 89.8 Å². The molecule has 1 aromatic carbocycles. The first-order valence-electron chi connectivity index (χ1n) is 6.53. The fourth-order valence-electron chi connectivity index (χ4n) is 1.71. The largest absolute Gasteiger partial charge is 0.383 e. The van der Waals surface area contributed by atoms with E-state index in [0.717, 1.165) is 15.9 Å². The van der Waals surface area contributed by atoms with Gasteiger partial charge in [-0.1, -0.05) is 29.8 Å². The number of hydrogen-bond donors (Lipinski definition) is 3. The summed E-state index contributed by atoms with van der Waals surface area (Å²) in [5.41, 5.74) is 12.6. The standard InChI is InChI=1S/C14H18BrN5S/c1-8(2)18-7-9-5-10(15)3-4-11(9)21-14-19-12(16)6-13(17)20-14/h3-6,8,18H,7H2,1-2H3,(H4,16,17,19,20). The molecule has 0 radical (unpaired) electrons. The molecule has 0 aliphatic rings. The molecule has 5 N–H and O–H groups in total. The summed E-state index contributed by atoms with van der Waals surface area (Å²) in [6, 6.07) is 8.09. The number of nitrogens with one attached hydrogen (secondary N) is 1. The third-order valence-electron chi connectivity index (χ3n) is 2.67. The van der Waals surface area contributed by atoms with Crippen LogP contribution < -0.4 is 16.8 Å². The maximum atomic E-state index is 5.71. The number of hydrogen-bond acceptors (Lipinski definition) is 6. The lowest BCUT2D eigenvalue weighted by molar-refractivity contribution is 0.584. The molecule has 0 amide bonds. The number of anilines is 2. The molecule has 2 aromatic rings. The van der Waals surface area contributed by atoms with E-state index in [4.69, 9.17) is 11.5 Å². The van der Waals surface area contributed by atoms with Gasteiger partial charge in [0.05, 0.1) is 0 Å². The third-order valence-corrected chi connectivity index (χ3v) is 4.15. The smallest absolute Gasteiger partial charge is 0.196 e. The Morgan fingerprint density at radius 2 is 1.86 bits per heavy atom. The Bertz CT molecular complexity index is 613. The zero-order valence-corrected chi connectivity index (χ0v) is 14.3. The van der Waals surface area contributed by atoms with Gasteiger partial charge in [-0.05, 0) is 35.5 Å². The number of nitrogens with two attached hydrogens (primary N) is 2. The molecule has 1 heterocycles. The van der Waals surface area contributed by atoms with E-state index in [1.807, 2.05) is 12.1 Å². The highest BCUT2D eigenvalue weighted by Gasteiger charge is 2.09. The van der Waals surface area contributed by atoms with Crippen LogP contribution in [0.4, 0.5) is 11.6 Å². The highest BCUT2D eigenvalue weighted by atomic mass is 79.9. The predicted molar refractivity (Wildman–Crippen MR) is 91.1 cm³/mol. The van der Waals surface area contributed by atoms with Gasteiger partial charge in [0, 0.05) is 28.0 Å². The maximum absolute atomic E-state index is 5.71. The van der Waals surface area contributed by atoms with Crippen molar-refractivity contribution in [3.63, 3.8) is 0 Å². The molecule has 1 aromatic heterocycles. The molecule has 5 nitrogen and oxygen atoms in total. The molecule has 0 bridgehead atoms. The second-order valence-corrected chi connectivity index (χ2v) is 6.81. The van der Waals surface area contributed by atoms with Crippen LogP contribution in [0.1, 0.15) is 19.4 Å². The van der Waals surface area contributed by atoms with Crippen LogP contribution in [0, 0.1) is 0 Å². The van der Waals surface area contributed by atoms with Gasteiger partial charge in [0.15, 0.2) is 5.16 Å². The summed E-state index contributed by atoms with van der Waals surface area (Å²) < 4.78 is 1.04. The minimum atomic E-state index is 0.379. The molecular formula is C14H18BrN5S. The number of rotatable bonds is 5. The third kappa shape index (κ3) is 4.87. The highest BCUT2D eigenvalue weighted by molar-refractivity contribution is 9.10. The zero-order valence-electron chi connectivity index (χ0n) is 11.9. The fraction of sp³-hybridized carbons (Fsp3) is 0.286. The molecule has 0 fully saturated rings. The van der Waals surface area contributed by atoms with Crippen LogP contribution in [0.5, 0.6) is 0 Å².